The Labute approximate surface area is 77.4 Å². The summed E-state index contributed by atoms with van der Waals surface area (Å²) < 4.78 is 0. The van der Waals surface area contributed by atoms with Gasteiger partial charge in [0, 0.05) is 12.1 Å². The molecule has 0 aromatic carbocycles. The van der Waals surface area contributed by atoms with Gasteiger partial charge in [-0.1, -0.05) is 13.0 Å². The molecule has 3 nitrogen and oxygen atoms in total. The second-order valence-electron chi connectivity index (χ2n) is 3.10. The van der Waals surface area contributed by atoms with E-state index in [-0.39, 0.29) is 5.78 Å². The smallest absolute Gasteiger partial charge is 0.135 e. The lowest BCUT2D eigenvalue weighted by molar-refractivity contribution is -0.123. The van der Waals surface area contributed by atoms with Gasteiger partial charge in [0.2, 0.25) is 0 Å². The molecular formula is C10H13NO2. The third kappa shape index (κ3) is 2.36. The summed E-state index contributed by atoms with van der Waals surface area (Å²) >= 11 is 0. The summed E-state index contributed by atoms with van der Waals surface area (Å²) in [5.74, 6) is -0.423. The van der Waals surface area contributed by atoms with Gasteiger partial charge in [-0.05, 0) is 19.1 Å². The number of aromatic nitrogens is 1. The van der Waals surface area contributed by atoms with Crippen molar-refractivity contribution in [1.29, 1.82) is 0 Å². The van der Waals surface area contributed by atoms with Gasteiger partial charge in [-0.15, -0.1) is 0 Å². The molecule has 1 aromatic rings. The highest BCUT2D eigenvalue weighted by Gasteiger charge is 2.20. The molecule has 13 heavy (non-hydrogen) atoms. The highest BCUT2D eigenvalue weighted by atomic mass is 16.3. The predicted molar refractivity (Wildman–Crippen MR) is 49.0 cm³/mol. The van der Waals surface area contributed by atoms with Crippen molar-refractivity contribution in [3.8, 4) is 0 Å². The van der Waals surface area contributed by atoms with Crippen LogP contribution in [-0.2, 0) is 4.79 Å². The van der Waals surface area contributed by atoms with Crippen LogP contribution in [0.25, 0.3) is 0 Å². The third-order valence-corrected chi connectivity index (χ3v) is 2.11. The van der Waals surface area contributed by atoms with E-state index in [0.29, 0.717) is 5.69 Å². The zero-order valence-corrected chi connectivity index (χ0v) is 7.77. The van der Waals surface area contributed by atoms with Crippen LogP contribution in [0.1, 0.15) is 25.6 Å². The first-order valence-electron chi connectivity index (χ1n) is 4.22. The summed E-state index contributed by atoms with van der Waals surface area (Å²) in [7, 11) is 0. The molecule has 1 heterocycles. The maximum absolute atomic E-state index is 11.0. The van der Waals surface area contributed by atoms with E-state index in [4.69, 9.17) is 0 Å². The Kier molecular flexibility index (Phi) is 3.14. The lowest BCUT2D eigenvalue weighted by atomic mass is 9.98. The average Bonchev–Trinajstić information content (AvgIpc) is 2.17. The number of nitrogens with zero attached hydrogens (tertiary/aromatic N) is 1. The van der Waals surface area contributed by atoms with E-state index in [2.05, 4.69) is 4.98 Å². The average molecular weight is 179 g/mol. The molecule has 0 saturated carbocycles. The van der Waals surface area contributed by atoms with Crippen LogP contribution in [0.3, 0.4) is 0 Å². The van der Waals surface area contributed by atoms with E-state index >= 15 is 0 Å². The van der Waals surface area contributed by atoms with Crippen molar-refractivity contribution in [2.45, 2.75) is 20.0 Å². The molecule has 1 aromatic heterocycles. The lowest BCUT2D eigenvalue weighted by Crippen LogP contribution is -2.17. The fourth-order valence-electron chi connectivity index (χ4n) is 1.03. The van der Waals surface area contributed by atoms with E-state index in [1.807, 2.05) is 0 Å². The van der Waals surface area contributed by atoms with E-state index < -0.39 is 12.0 Å². The number of hydrogen-bond acceptors (Lipinski definition) is 3. The number of ketones is 1. The molecule has 0 saturated heterocycles. The Morgan fingerprint density at radius 1 is 1.54 bits per heavy atom. The molecule has 1 N–H and O–H groups in total. The Morgan fingerprint density at radius 3 is 2.69 bits per heavy atom. The molecule has 0 fully saturated rings. The molecule has 0 aliphatic rings. The Hall–Kier alpha value is -1.22. The van der Waals surface area contributed by atoms with Crippen LogP contribution in [0, 0.1) is 5.92 Å². The molecule has 2 atom stereocenters. The molecule has 70 valence electrons. The summed E-state index contributed by atoms with van der Waals surface area (Å²) in [5, 5.41) is 9.68. The van der Waals surface area contributed by atoms with Crippen molar-refractivity contribution in [2.24, 2.45) is 5.92 Å². The molecule has 1 rings (SSSR count). The summed E-state index contributed by atoms with van der Waals surface area (Å²) in [5.41, 5.74) is 0.546. The van der Waals surface area contributed by atoms with Gasteiger partial charge in [0.25, 0.3) is 0 Å². The number of hydrogen-bond donors (Lipinski definition) is 1. The van der Waals surface area contributed by atoms with Crippen LogP contribution in [0.5, 0.6) is 0 Å². The number of aliphatic hydroxyl groups excluding tert-OH is 1. The third-order valence-electron chi connectivity index (χ3n) is 2.11. The molecule has 0 radical (unpaired) electrons. The summed E-state index contributed by atoms with van der Waals surface area (Å²) in [6, 6.07) is 5.27. The molecule has 0 aliphatic heterocycles. The van der Waals surface area contributed by atoms with Crippen molar-refractivity contribution >= 4 is 5.78 Å². The molecule has 3 heteroatoms. The van der Waals surface area contributed by atoms with E-state index in [1.54, 1.807) is 31.3 Å². The fraction of sp³-hybridized carbons (Fsp3) is 0.400. The molecule has 0 bridgehead atoms. The first kappa shape index (κ1) is 9.86. The van der Waals surface area contributed by atoms with Crippen molar-refractivity contribution in [3.05, 3.63) is 30.1 Å². The maximum Gasteiger partial charge on any atom is 0.135 e. The van der Waals surface area contributed by atoms with Gasteiger partial charge >= 0.3 is 0 Å². The summed E-state index contributed by atoms with van der Waals surface area (Å²) in [6.07, 6.45) is 0.810. The zero-order valence-electron chi connectivity index (χ0n) is 7.77. The normalized spacial score (nSPS) is 15.0. The SMILES string of the molecule is CC(=O)[C@@H](C)[C@@H](O)c1ccccn1. The van der Waals surface area contributed by atoms with Crippen LogP contribution in [0.4, 0.5) is 0 Å². The standard InChI is InChI=1S/C10H13NO2/c1-7(8(2)12)10(13)9-5-3-4-6-11-9/h3-7,10,13H,1-2H3/t7-,10-/m1/s1. The quantitative estimate of drug-likeness (QED) is 0.761. The van der Waals surface area contributed by atoms with Crippen molar-refractivity contribution < 1.29 is 9.90 Å². The number of rotatable bonds is 3. The molecule has 0 amide bonds. The number of aliphatic hydroxyl groups is 1. The first-order valence-corrected chi connectivity index (χ1v) is 4.22. The van der Waals surface area contributed by atoms with Crippen LogP contribution in [0.15, 0.2) is 24.4 Å². The molecule has 0 aliphatic carbocycles. The van der Waals surface area contributed by atoms with Gasteiger partial charge in [0.1, 0.15) is 11.9 Å². The fourth-order valence-corrected chi connectivity index (χ4v) is 1.03. The number of carbonyl (C=O) groups excluding carboxylic acids is 1. The van der Waals surface area contributed by atoms with Crippen molar-refractivity contribution in [1.82, 2.24) is 4.98 Å². The van der Waals surface area contributed by atoms with Gasteiger partial charge in [-0.2, -0.15) is 0 Å². The van der Waals surface area contributed by atoms with Crippen molar-refractivity contribution in [3.63, 3.8) is 0 Å². The summed E-state index contributed by atoms with van der Waals surface area (Å²) in [6.45, 7) is 3.17. The maximum atomic E-state index is 11.0. The van der Waals surface area contributed by atoms with Crippen LogP contribution in [-0.4, -0.2) is 15.9 Å². The van der Waals surface area contributed by atoms with E-state index in [9.17, 15) is 9.90 Å². The Morgan fingerprint density at radius 2 is 2.23 bits per heavy atom. The predicted octanol–water partition coefficient (Wildman–Crippen LogP) is 1.34. The van der Waals surface area contributed by atoms with Crippen LogP contribution >= 0.6 is 0 Å². The van der Waals surface area contributed by atoms with Gasteiger partial charge in [0.05, 0.1) is 5.69 Å². The second-order valence-corrected chi connectivity index (χ2v) is 3.10. The highest BCUT2D eigenvalue weighted by Crippen LogP contribution is 2.19. The number of Topliss-reactive ketones (excluding diaryl/α,β-unsaturated/α-hetero) is 1. The topological polar surface area (TPSA) is 50.2 Å². The van der Waals surface area contributed by atoms with Gasteiger partial charge in [-0.25, -0.2) is 0 Å². The van der Waals surface area contributed by atoms with Gasteiger partial charge in [0.15, 0.2) is 0 Å². The van der Waals surface area contributed by atoms with Crippen molar-refractivity contribution in [2.75, 3.05) is 0 Å². The van der Waals surface area contributed by atoms with Crippen LogP contribution in [0.2, 0.25) is 0 Å². The molecule has 0 spiro atoms. The number of carbonyl (C=O) groups is 1. The first-order chi connectivity index (χ1) is 6.13. The minimum Gasteiger partial charge on any atom is -0.386 e. The Balaban J connectivity index is 2.79. The monoisotopic (exact) mass is 179 g/mol. The summed E-state index contributed by atoms with van der Waals surface area (Å²) in [4.78, 5) is 15.0. The van der Waals surface area contributed by atoms with Crippen LogP contribution < -0.4 is 0 Å². The minimum atomic E-state index is -0.793. The largest absolute Gasteiger partial charge is 0.386 e. The van der Waals surface area contributed by atoms with E-state index in [0.717, 1.165) is 0 Å². The second kappa shape index (κ2) is 4.14. The molecular weight excluding hydrogens is 166 g/mol. The minimum absolute atomic E-state index is 0.0295. The highest BCUT2D eigenvalue weighted by molar-refractivity contribution is 5.78. The molecule has 0 unspecified atom stereocenters. The van der Waals surface area contributed by atoms with Gasteiger partial charge in [-0.3, -0.25) is 9.78 Å². The number of pyridine rings is 1. The van der Waals surface area contributed by atoms with Gasteiger partial charge < -0.3 is 5.11 Å². The zero-order chi connectivity index (χ0) is 9.84. The Bertz CT molecular complexity index is 284. The van der Waals surface area contributed by atoms with E-state index in [1.165, 1.54) is 6.92 Å². The lowest BCUT2D eigenvalue weighted by Gasteiger charge is -2.14.